The highest BCUT2D eigenvalue weighted by Gasteiger charge is 2.32. The Morgan fingerprint density at radius 2 is 2.04 bits per heavy atom. The van der Waals surface area contributed by atoms with Gasteiger partial charge in [-0.25, -0.2) is 8.42 Å². The quantitative estimate of drug-likeness (QED) is 0.862. The molecule has 0 amide bonds. The maximum absolute atomic E-state index is 12.0. The minimum absolute atomic E-state index is 0.0952. The molecule has 7 heteroatoms. The highest BCUT2D eigenvalue weighted by molar-refractivity contribution is 7.88. The molecule has 2 aromatic rings. The molecule has 1 aliphatic rings. The molecule has 0 radical (unpaired) electrons. The molecule has 23 heavy (non-hydrogen) atoms. The Morgan fingerprint density at radius 1 is 1.26 bits per heavy atom. The third-order valence-electron chi connectivity index (χ3n) is 4.22. The SMILES string of the molecule is CC(C)n1nccc1-c1cc([C@H]2CCCN2S(C)(=O)=O)ccn1. The Balaban J connectivity index is 1.99. The fourth-order valence-electron chi connectivity index (χ4n) is 3.19. The molecule has 1 saturated heterocycles. The summed E-state index contributed by atoms with van der Waals surface area (Å²) in [7, 11) is -3.19. The Morgan fingerprint density at radius 3 is 2.74 bits per heavy atom. The first kappa shape index (κ1) is 16.1. The number of sulfonamides is 1. The summed E-state index contributed by atoms with van der Waals surface area (Å²) >= 11 is 0. The molecule has 0 spiro atoms. The molecule has 0 N–H and O–H groups in total. The summed E-state index contributed by atoms with van der Waals surface area (Å²) in [5.74, 6) is 0. The zero-order valence-corrected chi connectivity index (χ0v) is 14.5. The van der Waals surface area contributed by atoms with E-state index in [2.05, 4.69) is 23.9 Å². The molecule has 0 aromatic carbocycles. The van der Waals surface area contributed by atoms with Crippen molar-refractivity contribution in [2.45, 2.75) is 38.8 Å². The van der Waals surface area contributed by atoms with Crippen molar-refractivity contribution in [2.75, 3.05) is 12.8 Å². The van der Waals surface area contributed by atoms with E-state index in [-0.39, 0.29) is 12.1 Å². The Hall–Kier alpha value is -1.73. The van der Waals surface area contributed by atoms with Crippen molar-refractivity contribution in [3.05, 3.63) is 36.2 Å². The third-order valence-corrected chi connectivity index (χ3v) is 5.51. The molecule has 2 aromatic heterocycles. The van der Waals surface area contributed by atoms with Crippen LogP contribution in [0.1, 0.15) is 44.3 Å². The topological polar surface area (TPSA) is 68.1 Å². The van der Waals surface area contributed by atoms with Gasteiger partial charge in [-0.05, 0) is 50.5 Å². The molecule has 1 atom stereocenters. The van der Waals surface area contributed by atoms with Crippen molar-refractivity contribution in [1.29, 1.82) is 0 Å². The van der Waals surface area contributed by atoms with Gasteiger partial charge < -0.3 is 0 Å². The average molecular weight is 334 g/mol. The molecule has 1 fully saturated rings. The molecule has 3 heterocycles. The number of pyridine rings is 1. The van der Waals surface area contributed by atoms with Crippen LogP contribution in [0.5, 0.6) is 0 Å². The van der Waals surface area contributed by atoms with Crippen molar-refractivity contribution in [1.82, 2.24) is 19.1 Å². The molecule has 0 saturated carbocycles. The second kappa shape index (κ2) is 6.05. The van der Waals surface area contributed by atoms with Gasteiger partial charge in [-0.1, -0.05) is 0 Å². The Bertz CT molecular complexity index is 798. The van der Waals surface area contributed by atoms with Crippen molar-refractivity contribution in [3.63, 3.8) is 0 Å². The van der Waals surface area contributed by atoms with Gasteiger partial charge in [0.05, 0.1) is 17.6 Å². The molecule has 0 bridgehead atoms. The molecular weight excluding hydrogens is 312 g/mol. The first-order valence-electron chi connectivity index (χ1n) is 7.84. The van der Waals surface area contributed by atoms with Crippen LogP contribution in [0.2, 0.25) is 0 Å². The minimum atomic E-state index is -3.19. The molecule has 6 nitrogen and oxygen atoms in total. The van der Waals surface area contributed by atoms with Gasteiger partial charge in [0, 0.05) is 31.0 Å². The Labute approximate surface area is 137 Å². The van der Waals surface area contributed by atoms with Crippen molar-refractivity contribution >= 4 is 10.0 Å². The average Bonchev–Trinajstić information content (AvgIpc) is 3.16. The van der Waals surface area contributed by atoms with Crippen LogP contribution < -0.4 is 0 Å². The van der Waals surface area contributed by atoms with E-state index in [1.54, 1.807) is 16.7 Å². The lowest BCUT2D eigenvalue weighted by molar-refractivity contribution is 0.400. The van der Waals surface area contributed by atoms with Gasteiger partial charge in [0.2, 0.25) is 10.0 Å². The van der Waals surface area contributed by atoms with Crippen LogP contribution in [-0.2, 0) is 10.0 Å². The summed E-state index contributed by atoms with van der Waals surface area (Å²) in [4.78, 5) is 4.45. The summed E-state index contributed by atoms with van der Waals surface area (Å²) in [5.41, 5.74) is 2.77. The van der Waals surface area contributed by atoms with Crippen LogP contribution in [-0.4, -0.2) is 40.3 Å². The van der Waals surface area contributed by atoms with Gasteiger partial charge in [-0.2, -0.15) is 9.40 Å². The largest absolute Gasteiger partial charge is 0.261 e. The van der Waals surface area contributed by atoms with E-state index in [0.717, 1.165) is 29.8 Å². The van der Waals surface area contributed by atoms with Crippen LogP contribution >= 0.6 is 0 Å². The number of hydrogen-bond donors (Lipinski definition) is 0. The van der Waals surface area contributed by atoms with Crippen molar-refractivity contribution in [3.8, 4) is 11.4 Å². The van der Waals surface area contributed by atoms with Crippen LogP contribution in [0.4, 0.5) is 0 Å². The van der Waals surface area contributed by atoms with E-state index in [1.807, 2.05) is 22.9 Å². The van der Waals surface area contributed by atoms with Crippen molar-refractivity contribution in [2.24, 2.45) is 0 Å². The first-order chi connectivity index (χ1) is 10.9. The summed E-state index contributed by atoms with van der Waals surface area (Å²) in [6, 6.07) is 5.99. The monoisotopic (exact) mass is 334 g/mol. The van der Waals surface area contributed by atoms with Gasteiger partial charge in [0.25, 0.3) is 0 Å². The maximum atomic E-state index is 12.0. The van der Waals surface area contributed by atoms with E-state index < -0.39 is 10.0 Å². The zero-order chi connectivity index (χ0) is 16.6. The standard InChI is InChI=1S/C16H22N4O2S/c1-12(2)20-16(7-9-18-20)14-11-13(6-8-17-14)15-5-4-10-19(15)23(3,21)22/h6-9,11-12,15H,4-5,10H2,1-3H3/t15-/m1/s1. The smallest absolute Gasteiger partial charge is 0.211 e. The summed E-state index contributed by atoms with van der Waals surface area (Å²) in [6.45, 7) is 4.73. The lowest BCUT2D eigenvalue weighted by atomic mass is 10.1. The van der Waals surface area contributed by atoms with Crippen LogP contribution in [0.3, 0.4) is 0 Å². The lowest BCUT2D eigenvalue weighted by Crippen LogP contribution is -2.29. The predicted molar refractivity (Wildman–Crippen MR) is 89.4 cm³/mol. The van der Waals surface area contributed by atoms with E-state index in [0.29, 0.717) is 6.54 Å². The zero-order valence-electron chi connectivity index (χ0n) is 13.7. The molecule has 1 aliphatic heterocycles. The second-order valence-electron chi connectivity index (χ2n) is 6.26. The van der Waals surface area contributed by atoms with Gasteiger partial charge in [-0.15, -0.1) is 0 Å². The molecule has 124 valence electrons. The fraction of sp³-hybridized carbons (Fsp3) is 0.500. The third kappa shape index (κ3) is 3.16. The minimum Gasteiger partial charge on any atom is -0.261 e. The second-order valence-corrected chi connectivity index (χ2v) is 8.20. The number of hydrogen-bond acceptors (Lipinski definition) is 4. The molecule has 3 rings (SSSR count). The Kier molecular flexibility index (Phi) is 4.25. The van der Waals surface area contributed by atoms with Crippen LogP contribution in [0, 0.1) is 0 Å². The molecular formula is C16H22N4O2S. The fourth-order valence-corrected chi connectivity index (χ4v) is 4.34. The van der Waals surface area contributed by atoms with Gasteiger partial charge in [0.15, 0.2) is 0 Å². The van der Waals surface area contributed by atoms with Gasteiger partial charge in [-0.3, -0.25) is 9.67 Å². The van der Waals surface area contributed by atoms with E-state index in [9.17, 15) is 8.42 Å². The van der Waals surface area contributed by atoms with Crippen LogP contribution in [0.15, 0.2) is 30.6 Å². The summed E-state index contributed by atoms with van der Waals surface area (Å²) in [6.07, 6.45) is 6.53. The highest BCUT2D eigenvalue weighted by atomic mass is 32.2. The molecule has 0 aliphatic carbocycles. The van der Waals surface area contributed by atoms with Gasteiger partial charge in [0.1, 0.15) is 0 Å². The number of aromatic nitrogens is 3. The van der Waals surface area contributed by atoms with E-state index >= 15 is 0 Å². The summed E-state index contributed by atoms with van der Waals surface area (Å²) in [5, 5.41) is 4.34. The van der Waals surface area contributed by atoms with E-state index in [4.69, 9.17) is 0 Å². The first-order valence-corrected chi connectivity index (χ1v) is 9.69. The normalized spacial score (nSPS) is 19.6. The lowest BCUT2D eigenvalue weighted by Gasteiger charge is -2.22. The van der Waals surface area contributed by atoms with E-state index in [1.165, 1.54) is 6.26 Å². The van der Waals surface area contributed by atoms with Gasteiger partial charge >= 0.3 is 0 Å². The summed E-state index contributed by atoms with van der Waals surface area (Å²) < 4.78 is 27.5. The van der Waals surface area contributed by atoms with Crippen molar-refractivity contribution < 1.29 is 8.42 Å². The molecule has 0 unspecified atom stereocenters. The van der Waals surface area contributed by atoms with Crippen LogP contribution in [0.25, 0.3) is 11.4 Å². The number of rotatable bonds is 4. The number of nitrogens with zero attached hydrogens (tertiary/aromatic N) is 4. The maximum Gasteiger partial charge on any atom is 0.211 e. The highest BCUT2D eigenvalue weighted by Crippen LogP contribution is 2.35. The predicted octanol–water partition coefficient (Wildman–Crippen LogP) is 2.62.